The van der Waals surface area contributed by atoms with E-state index >= 15 is 0 Å². The van der Waals surface area contributed by atoms with Crippen molar-refractivity contribution in [3.05, 3.63) is 62.3 Å². The molecule has 19 heavy (non-hydrogen) atoms. The first kappa shape index (κ1) is 14.6. The molecule has 0 radical (unpaired) electrons. The van der Waals surface area contributed by atoms with Crippen molar-refractivity contribution >= 4 is 31.9 Å². The van der Waals surface area contributed by atoms with Gasteiger partial charge in [-0.3, -0.25) is 4.98 Å². The summed E-state index contributed by atoms with van der Waals surface area (Å²) in [6, 6.07) is 5.39. The molecule has 2 aromatic rings. The summed E-state index contributed by atoms with van der Waals surface area (Å²) in [6.07, 6.45) is 1.61. The van der Waals surface area contributed by atoms with Crippen LogP contribution in [0.3, 0.4) is 0 Å². The maximum absolute atomic E-state index is 13.9. The third-order valence-corrected chi connectivity index (χ3v) is 3.76. The summed E-state index contributed by atoms with van der Waals surface area (Å²) in [7, 11) is 1.67. The van der Waals surface area contributed by atoms with Crippen molar-refractivity contribution in [3.8, 4) is 0 Å². The fourth-order valence-corrected chi connectivity index (χ4v) is 3.04. The Balaban J connectivity index is 2.53. The van der Waals surface area contributed by atoms with Gasteiger partial charge in [0.15, 0.2) is 11.6 Å². The molecule has 2 rings (SSSR count). The van der Waals surface area contributed by atoms with E-state index in [1.807, 2.05) is 6.07 Å². The molecule has 100 valence electrons. The highest BCUT2D eigenvalue weighted by Gasteiger charge is 2.21. The number of nitrogens with one attached hydrogen (secondary N) is 1. The molecule has 0 aliphatic carbocycles. The molecule has 0 fully saturated rings. The van der Waals surface area contributed by atoms with Gasteiger partial charge in [0.2, 0.25) is 0 Å². The van der Waals surface area contributed by atoms with Crippen LogP contribution in [0.25, 0.3) is 0 Å². The first-order valence-electron chi connectivity index (χ1n) is 5.46. The van der Waals surface area contributed by atoms with E-state index in [2.05, 4.69) is 42.2 Å². The molecule has 1 aromatic heterocycles. The van der Waals surface area contributed by atoms with Crippen molar-refractivity contribution in [3.63, 3.8) is 0 Å². The van der Waals surface area contributed by atoms with Crippen molar-refractivity contribution in [2.75, 3.05) is 7.05 Å². The Bertz CT molecular complexity index is 605. The second kappa shape index (κ2) is 6.07. The molecule has 1 N–H and O–H groups in total. The third kappa shape index (κ3) is 3.01. The van der Waals surface area contributed by atoms with E-state index in [-0.39, 0.29) is 5.56 Å². The van der Waals surface area contributed by atoms with Crippen molar-refractivity contribution in [2.45, 2.75) is 6.04 Å². The Labute approximate surface area is 126 Å². The first-order valence-corrected chi connectivity index (χ1v) is 7.05. The summed E-state index contributed by atoms with van der Waals surface area (Å²) in [6.45, 7) is 0. The quantitative estimate of drug-likeness (QED) is 0.848. The van der Waals surface area contributed by atoms with Crippen LogP contribution < -0.4 is 5.32 Å². The Morgan fingerprint density at radius 3 is 2.63 bits per heavy atom. The number of hydrogen-bond donors (Lipinski definition) is 1. The molecule has 0 aliphatic rings. The number of rotatable bonds is 3. The Kier molecular flexibility index (Phi) is 4.65. The number of pyridine rings is 1. The van der Waals surface area contributed by atoms with E-state index in [4.69, 9.17) is 0 Å². The molecule has 0 amide bonds. The molecule has 2 nitrogen and oxygen atoms in total. The van der Waals surface area contributed by atoms with E-state index in [0.29, 0.717) is 10.2 Å². The highest BCUT2D eigenvalue weighted by Crippen LogP contribution is 2.30. The van der Waals surface area contributed by atoms with Crippen molar-refractivity contribution < 1.29 is 8.78 Å². The van der Waals surface area contributed by atoms with Crippen molar-refractivity contribution in [1.29, 1.82) is 0 Å². The van der Waals surface area contributed by atoms with Gasteiger partial charge in [-0.25, -0.2) is 8.78 Å². The minimum absolute atomic E-state index is 0.220. The SMILES string of the molecule is CNC(c1cccc(F)c1F)c1ncc(Br)cc1Br. The molecule has 1 heterocycles. The van der Waals surface area contributed by atoms with E-state index in [0.717, 1.165) is 10.5 Å². The predicted molar refractivity (Wildman–Crippen MR) is 76.9 cm³/mol. The van der Waals surface area contributed by atoms with E-state index < -0.39 is 17.7 Å². The van der Waals surface area contributed by atoms with Crippen molar-refractivity contribution in [1.82, 2.24) is 10.3 Å². The van der Waals surface area contributed by atoms with Gasteiger partial charge in [-0.1, -0.05) is 12.1 Å². The first-order chi connectivity index (χ1) is 9.04. The van der Waals surface area contributed by atoms with Gasteiger partial charge in [0.1, 0.15) is 0 Å². The van der Waals surface area contributed by atoms with Crippen LogP contribution >= 0.6 is 31.9 Å². The number of benzene rings is 1. The summed E-state index contributed by atoms with van der Waals surface area (Å²) >= 11 is 6.68. The maximum Gasteiger partial charge on any atom is 0.163 e. The normalized spacial score (nSPS) is 12.5. The molecule has 0 bridgehead atoms. The van der Waals surface area contributed by atoms with Crippen LogP contribution in [0.1, 0.15) is 17.3 Å². The van der Waals surface area contributed by atoms with Crippen LogP contribution in [0.5, 0.6) is 0 Å². The smallest absolute Gasteiger partial charge is 0.163 e. The minimum atomic E-state index is -0.869. The summed E-state index contributed by atoms with van der Waals surface area (Å²) < 4.78 is 28.7. The largest absolute Gasteiger partial charge is 0.308 e. The van der Waals surface area contributed by atoms with Gasteiger partial charge in [0, 0.05) is 20.7 Å². The fraction of sp³-hybridized carbons (Fsp3) is 0.154. The number of hydrogen-bond acceptors (Lipinski definition) is 2. The van der Waals surface area contributed by atoms with Gasteiger partial charge >= 0.3 is 0 Å². The molecule has 1 unspecified atom stereocenters. The van der Waals surface area contributed by atoms with Crippen LogP contribution in [0.4, 0.5) is 8.78 Å². The Morgan fingerprint density at radius 2 is 2.00 bits per heavy atom. The molecular formula is C13H10Br2F2N2. The average Bonchev–Trinajstić information content (AvgIpc) is 2.37. The predicted octanol–water partition coefficient (Wildman–Crippen LogP) is 4.19. The molecule has 0 saturated heterocycles. The summed E-state index contributed by atoms with van der Waals surface area (Å²) in [4.78, 5) is 4.25. The van der Waals surface area contributed by atoms with Crippen LogP contribution in [-0.4, -0.2) is 12.0 Å². The molecule has 0 spiro atoms. The van der Waals surface area contributed by atoms with Crippen LogP contribution in [-0.2, 0) is 0 Å². The molecule has 1 aromatic carbocycles. The lowest BCUT2D eigenvalue weighted by molar-refractivity contribution is 0.485. The highest BCUT2D eigenvalue weighted by atomic mass is 79.9. The van der Waals surface area contributed by atoms with Gasteiger partial charge < -0.3 is 5.32 Å². The molecular weight excluding hydrogens is 382 g/mol. The second-order valence-corrected chi connectivity index (χ2v) is 5.66. The zero-order valence-corrected chi connectivity index (χ0v) is 13.1. The summed E-state index contributed by atoms with van der Waals surface area (Å²) in [5.74, 6) is -1.73. The van der Waals surface area contributed by atoms with Crippen LogP contribution in [0.2, 0.25) is 0 Å². The Morgan fingerprint density at radius 1 is 1.26 bits per heavy atom. The van der Waals surface area contributed by atoms with Gasteiger partial charge in [-0.15, -0.1) is 0 Å². The summed E-state index contributed by atoms with van der Waals surface area (Å²) in [5, 5.41) is 2.95. The average molecular weight is 392 g/mol. The van der Waals surface area contributed by atoms with E-state index in [9.17, 15) is 8.78 Å². The van der Waals surface area contributed by atoms with Gasteiger partial charge in [-0.05, 0) is 51.0 Å². The highest BCUT2D eigenvalue weighted by molar-refractivity contribution is 9.11. The lowest BCUT2D eigenvalue weighted by Crippen LogP contribution is -2.21. The van der Waals surface area contributed by atoms with Crippen LogP contribution in [0.15, 0.2) is 39.4 Å². The maximum atomic E-state index is 13.9. The third-order valence-electron chi connectivity index (χ3n) is 2.69. The molecule has 0 saturated carbocycles. The minimum Gasteiger partial charge on any atom is -0.308 e. The zero-order chi connectivity index (χ0) is 14.0. The number of nitrogens with zero attached hydrogens (tertiary/aromatic N) is 1. The van der Waals surface area contributed by atoms with E-state index in [1.54, 1.807) is 13.2 Å². The molecule has 1 atom stereocenters. The molecule has 0 aliphatic heterocycles. The lowest BCUT2D eigenvalue weighted by atomic mass is 10.0. The van der Waals surface area contributed by atoms with Gasteiger partial charge in [0.25, 0.3) is 0 Å². The summed E-state index contributed by atoms with van der Waals surface area (Å²) in [5.41, 5.74) is 0.813. The monoisotopic (exact) mass is 390 g/mol. The Hall–Kier alpha value is -0.850. The van der Waals surface area contributed by atoms with E-state index in [1.165, 1.54) is 12.1 Å². The topological polar surface area (TPSA) is 24.9 Å². The second-order valence-electron chi connectivity index (χ2n) is 3.89. The number of aromatic nitrogens is 1. The van der Waals surface area contributed by atoms with Gasteiger partial charge in [-0.2, -0.15) is 0 Å². The lowest BCUT2D eigenvalue weighted by Gasteiger charge is -2.18. The van der Waals surface area contributed by atoms with Crippen molar-refractivity contribution in [2.24, 2.45) is 0 Å². The van der Waals surface area contributed by atoms with Gasteiger partial charge in [0.05, 0.1) is 11.7 Å². The number of halogens is 4. The molecule has 6 heteroatoms. The zero-order valence-electron chi connectivity index (χ0n) is 9.92. The fourth-order valence-electron chi connectivity index (χ4n) is 1.82. The standard InChI is InChI=1S/C13H10Br2F2N2/c1-18-12(8-3-2-4-10(16)11(8)17)13-9(15)5-7(14)6-19-13/h2-6,12,18H,1H3. The van der Waals surface area contributed by atoms with Crippen LogP contribution in [0, 0.1) is 11.6 Å².